The number of carbonyl (C=O) groups excluding carboxylic acids is 2. The molecule has 13 heteroatoms. The number of hydrogen-bond acceptors (Lipinski definition) is 6. The maximum absolute atomic E-state index is 13.0. The van der Waals surface area contributed by atoms with Gasteiger partial charge in [0.1, 0.15) is 17.6 Å². The highest BCUT2D eigenvalue weighted by atomic mass is 35.5. The molecule has 0 aliphatic heterocycles. The number of ether oxygens (including phenoxy) is 1. The zero-order valence-corrected chi connectivity index (χ0v) is 17.5. The number of pyridine rings is 1. The standard InChI is InChI=1S/C17H20ClF5N4O.CO2/c1-4-10-14(18)15(27(6-3)26-10)9-8-24-13(7-11(9)28-16(19)20)25-12(5-2)17(21,22)23;2-1-3/h7-8,12,16H,4-6H2,1-3H3,(H,24,25);/t12-;/m1./s1. The number of anilines is 1. The van der Waals surface area contributed by atoms with Crippen LogP contribution in [-0.2, 0) is 22.6 Å². The zero-order chi connectivity index (χ0) is 23.8. The molecule has 2 heterocycles. The number of nitrogens with one attached hydrogen (secondary N) is 1. The normalized spacial score (nSPS) is 12.1. The third-order valence-electron chi connectivity index (χ3n) is 4.06. The van der Waals surface area contributed by atoms with Crippen LogP contribution in [0.25, 0.3) is 11.3 Å². The van der Waals surface area contributed by atoms with Gasteiger partial charge in [-0.2, -0.15) is 36.6 Å². The second-order valence-electron chi connectivity index (χ2n) is 5.95. The first-order valence-electron chi connectivity index (χ1n) is 9.06. The second-order valence-corrected chi connectivity index (χ2v) is 6.33. The molecule has 31 heavy (non-hydrogen) atoms. The number of halogens is 6. The predicted molar refractivity (Wildman–Crippen MR) is 101 cm³/mol. The molecule has 0 amide bonds. The van der Waals surface area contributed by atoms with Crippen LogP contribution < -0.4 is 10.1 Å². The van der Waals surface area contributed by atoms with Gasteiger partial charge >= 0.3 is 18.9 Å². The van der Waals surface area contributed by atoms with Crippen molar-refractivity contribution in [1.82, 2.24) is 14.8 Å². The fourth-order valence-electron chi connectivity index (χ4n) is 2.68. The monoisotopic (exact) mass is 470 g/mol. The van der Waals surface area contributed by atoms with Gasteiger partial charge < -0.3 is 10.1 Å². The van der Waals surface area contributed by atoms with Gasteiger partial charge in [0.05, 0.1) is 22.0 Å². The SMILES string of the molecule is CCc1nn(CC)c(-c2cnc(N[C@H](CC)C(F)(F)F)cc2OC(F)F)c1Cl.O=C=O. The Bertz CT molecular complexity index is 899. The molecular formula is C18H20ClF5N4O3. The maximum Gasteiger partial charge on any atom is 0.408 e. The molecule has 0 aliphatic carbocycles. The number of aryl methyl sites for hydroxylation is 2. The van der Waals surface area contributed by atoms with E-state index < -0.39 is 18.8 Å². The predicted octanol–water partition coefficient (Wildman–Crippen LogP) is 4.95. The lowest BCUT2D eigenvalue weighted by Crippen LogP contribution is -2.35. The number of alkyl halides is 5. The first kappa shape index (κ1) is 26.3. The number of aromatic nitrogens is 3. The molecule has 1 N–H and O–H groups in total. The van der Waals surface area contributed by atoms with Gasteiger partial charge in [0.2, 0.25) is 0 Å². The van der Waals surface area contributed by atoms with Crippen molar-refractivity contribution in [3.05, 3.63) is 23.0 Å². The summed E-state index contributed by atoms with van der Waals surface area (Å²) in [6.45, 7) is 2.19. The fraction of sp³-hybridized carbons (Fsp3) is 0.500. The van der Waals surface area contributed by atoms with Gasteiger partial charge in [-0.25, -0.2) is 4.98 Å². The molecule has 0 aromatic carbocycles. The third-order valence-corrected chi connectivity index (χ3v) is 4.46. The van der Waals surface area contributed by atoms with Crippen LogP contribution in [0, 0.1) is 0 Å². The van der Waals surface area contributed by atoms with Crippen LogP contribution in [0.2, 0.25) is 5.02 Å². The van der Waals surface area contributed by atoms with Crippen LogP contribution in [-0.4, -0.2) is 39.7 Å². The number of nitrogens with zero attached hydrogens (tertiary/aromatic N) is 3. The van der Waals surface area contributed by atoms with Crippen molar-refractivity contribution in [1.29, 1.82) is 0 Å². The van der Waals surface area contributed by atoms with Gasteiger partial charge in [0.15, 0.2) is 0 Å². The van der Waals surface area contributed by atoms with Crippen LogP contribution in [0.15, 0.2) is 12.3 Å². The average molecular weight is 471 g/mol. The summed E-state index contributed by atoms with van der Waals surface area (Å²) in [5.41, 5.74) is 0.996. The van der Waals surface area contributed by atoms with E-state index in [4.69, 9.17) is 21.2 Å². The summed E-state index contributed by atoms with van der Waals surface area (Å²) in [4.78, 5) is 20.2. The molecule has 2 aromatic heterocycles. The number of rotatable bonds is 8. The molecule has 0 bridgehead atoms. The van der Waals surface area contributed by atoms with Crippen molar-refractivity contribution in [2.75, 3.05) is 5.32 Å². The Kier molecular flexibility index (Phi) is 9.86. The minimum absolute atomic E-state index is 0.116. The van der Waals surface area contributed by atoms with Crippen LogP contribution in [0.5, 0.6) is 5.75 Å². The topological polar surface area (TPSA) is 86.1 Å². The second kappa shape index (κ2) is 11.6. The van der Waals surface area contributed by atoms with Crippen molar-refractivity contribution in [2.24, 2.45) is 0 Å². The van der Waals surface area contributed by atoms with E-state index in [9.17, 15) is 22.0 Å². The summed E-state index contributed by atoms with van der Waals surface area (Å²) >= 11 is 6.34. The smallest absolute Gasteiger partial charge is 0.408 e. The lowest BCUT2D eigenvalue weighted by atomic mass is 10.1. The van der Waals surface area contributed by atoms with Gasteiger partial charge in [-0.05, 0) is 19.8 Å². The summed E-state index contributed by atoms with van der Waals surface area (Å²) in [6.07, 6.45) is -2.86. The summed E-state index contributed by atoms with van der Waals surface area (Å²) in [6, 6.07) is -0.869. The molecule has 1 atom stereocenters. The lowest BCUT2D eigenvalue weighted by Gasteiger charge is -2.21. The largest absolute Gasteiger partial charge is 0.434 e. The Morgan fingerprint density at radius 2 is 1.87 bits per heavy atom. The molecular weight excluding hydrogens is 451 g/mol. The Morgan fingerprint density at radius 3 is 2.32 bits per heavy atom. The molecule has 0 aliphatic rings. The quantitative estimate of drug-likeness (QED) is 0.549. The van der Waals surface area contributed by atoms with E-state index >= 15 is 0 Å². The van der Waals surface area contributed by atoms with Crippen LogP contribution in [0.3, 0.4) is 0 Å². The Balaban J connectivity index is 0.00000151. The Labute approximate surface area is 179 Å². The molecule has 0 spiro atoms. The first-order chi connectivity index (χ1) is 14.5. The zero-order valence-electron chi connectivity index (χ0n) is 16.8. The fourth-order valence-corrected chi connectivity index (χ4v) is 3.05. The summed E-state index contributed by atoms with van der Waals surface area (Å²) < 4.78 is 70.8. The number of hydrogen-bond donors (Lipinski definition) is 1. The van der Waals surface area contributed by atoms with Crippen molar-refractivity contribution in [2.45, 2.75) is 59.0 Å². The molecule has 172 valence electrons. The lowest BCUT2D eigenvalue weighted by molar-refractivity contribution is -0.191. The highest BCUT2D eigenvalue weighted by Gasteiger charge is 2.38. The Hall–Kier alpha value is -2.72. The van der Waals surface area contributed by atoms with Crippen LogP contribution in [0.4, 0.5) is 27.8 Å². The first-order valence-corrected chi connectivity index (χ1v) is 9.44. The van der Waals surface area contributed by atoms with Gasteiger partial charge in [-0.3, -0.25) is 4.68 Å². The third kappa shape index (κ3) is 6.90. The summed E-state index contributed by atoms with van der Waals surface area (Å²) in [5, 5.41) is 6.77. The minimum atomic E-state index is -4.51. The maximum atomic E-state index is 13.0. The Morgan fingerprint density at radius 1 is 1.26 bits per heavy atom. The molecule has 0 saturated heterocycles. The van der Waals surface area contributed by atoms with Crippen molar-refractivity contribution in [3.63, 3.8) is 0 Å². The molecule has 2 aromatic rings. The van der Waals surface area contributed by atoms with Crippen LogP contribution in [0.1, 0.15) is 32.9 Å². The molecule has 0 radical (unpaired) electrons. The van der Waals surface area contributed by atoms with E-state index in [0.29, 0.717) is 24.4 Å². The average Bonchev–Trinajstić information content (AvgIpc) is 3.01. The van der Waals surface area contributed by atoms with Crippen molar-refractivity contribution >= 4 is 23.6 Å². The summed E-state index contributed by atoms with van der Waals surface area (Å²) in [5.74, 6) is -0.582. The molecule has 7 nitrogen and oxygen atoms in total. The van der Waals surface area contributed by atoms with Crippen molar-refractivity contribution < 1.29 is 36.3 Å². The van der Waals surface area contributed by atoms with E-state index in [1.165, 1.54) is 11.6 Å². The van der Waals surface area contributed by atoms with E-state index in [-0.39, 0.29) is 34.7 Å². The highest BCUT2D eigenvalue weighted by molar-refractivity contribution is 6.33. The van der Waals surface area contributed by atoms with Gasteiger partial charge in [-0.1, -0.05) is 25.4 Å². The van der Waals surface area contributed by atoms with Gasteiger partial charge in [0.25, 0.3) is 0 Å². The minimum Gasteiger partial charge on any atom is -0.434 e. The van der Waals surface area contributed by atoms with Crippen molar-refractivity contribution in [3.8, 4) is 17.0 Å². The van der Waals surface area contributed by atoms with Gasteiger partial charge in [0, 0.05) is 18.8 Å². The van der Waals surface area contributed by atoms with E-state index in [1.54, 1.807) is 6.92 Å². The van der Waals surface area contributed by atoms with E-state index in [1.807, 2.05) is 6.92 Å². The van der Waals surface area contributed by atoms with Crippen LogP contribution >= 0.6 is 11.6 Å². The van der Waals surface area contributed by atoms with E-state index in [0.717, 1.165) is 12.3 Å². The highest BCUT2D eigenvalue weighted by Crippen LogP contribution is 2.38. The molecule has 2 rings (SSSR count). The van der Waals surface area contributed by atoms with Gasteiger partial charge in [-0.15, -0.1) is 0 Å². The molecule has 0 unspecified atom stereocenters. The van der Waals surface area contributed by atoms with E-state index in [2.05, 4.69) is 20.1 Å². The molecule has 0 saturated carbocycles. The summed E-state index contributed by atoms with van der Waals surface area (Å²) in [7, 11) is 0. The molecule has 0 fully saturated rings.